The van der Waals surface area contributed by atoms with Crippen molar-refractivity contribution < 1.29 is 4.79 Å². The van der Waals surface area contributed by atoms with E-state index in [2.05, 4.69) is 31.4 Å². The maximum Gasteiger partial charge on any atom is 0.251 e. The Morgan fingerprint density at radius 2 is 2.00 bits per heavy atom. The Bertz CT molecular complexity index is 431. The number of carbonyl (C=O) groups excluding carboxylic acids is 1. The molecule has 0 bridgehead atoms. The Morgan fingerprint density at radius 1 is 1.32 bits per heavy atom. The molecule has 1 rings (SSSR count). The lowest BCUT2D eigenvalue weighted by atomic mass is 10.0. The largest absolute Gasteiger partial charge is 0.397 e. The SMILES string of the molecule is CCNC(=O)c1ccc(NC(C)C(C)CC)c(N)c1. The highest BCUT2D eigenvalue weighted by Gasteiger charge is 2.12. The van der Waals surface area contributed by atoms with Crippen molar-refractivity contribution in [3.8, 4) is 0 Å². The van der Waals surface area contributed by atoms with Crippen LogP contribution in [-0.4, -0.2) is 18.5 Å². The highest BCUT2D eigenvalue weighted by molar-refractivity contribution is 5.96. The van der Waals surface area contributed by atoms with Crippen LogP contribution in [0, 0.1) is 5.92 Å². The molecule has 4 heteroatoms. The summed E-state index contributed by atoms with van der Waals surface area (Å²) in [5.41, 5.74) is 8.10. The van der Waals surface area contributed by atoms with Crippen molar-refractivity contribution in [3.63, 3.8) is 0 Å². The zero-order chi connectivity index (χ0) is 14.4. The first-order valence-corrected chi connectivity index (χ1v) is 6.93. The second kappa shape index (κ2) is 7.02. The molecule has 1 aromatic rings. The first-order valence-electron chi connectivity index (χ1n) is 6.93. The predicted octanol–water partition coefficient (Wildman–Crippen LogP) is 2.87. The Hall–Kier alpha value is -1.71. The molecule has 19 heavy (non-hydrogen) atoms. The van der Waals surface area contributed by atoms with E-state index in [0.717, 1.165) is 12.1 Å². The summed E-state index contributed by atoms with van der Waals surface area (Å²) >= 11 is 0. The molecule has 2 atom stereocenters. The van der Waals surface area contributed by atoms with Gasteiger partial charge in [-0.3, -0.25) is 4.79 Å². The summed E-state index contributed by atoms with van der Waals surface area (Å²) in [6.07, 6.45) is 1.12. The molecule has 0 fully saturated rings. The fourth-order valence-electron chi connectivity index (χ4n) is 1.84. The van der Waals surface area contributed by atoms with Gasteiger partial charge in [0.25, 0.3) is 5.91 Å². The number of benzene rings is 1. The van der Waals surface area contributed by atoms with Crippen LogP contribution in [0.2, 0.25) is 0 Å². The van der Waals surface area contributed by atoms with Gasteiger partial charge in [0.2, 0.25) is 0 Å². The molecule has 1 aromatic carbocycles. The molecule has 4 N–H and O–H groups in total. The minimum atomic E-state index is -0.0873. The molecule has 0 aliphatic rings. The molecule has 0 aliphatic heterocycles. The van der Waals surface area contributed by atoms with Gasteiger partial charge in [-0.2, -0.15) is 0 Å². The second-order valence-corrected chi connectivity index (χ2v) is 4.98. The van der Waals surface area contributed by atoms with Gasteiger partial charge in [-0.25, -0.2) is 0 Å². The summed E-state index contributed by atoms with van der Waals surface area (Å²) in [4.78, 5) is 11.7. The van der Waals surface area contributed by atoms with Gasteiger partial charge in [0.1, 0.15) is 0 Å². The summed E-state index contributed by atoms with van der Waals surface area (Å²) in [7, 11) is 0. The van der Waals surface area contributed by atoms with Crippen molar-refractivity contribution in [2.75, 3.05) is 17.6 Å². The maximum atomic E-state index is 11.7. The third-order valence-corrected chi connectivity index (χ3v) is 3.53. The average molecular weight is 263 g/mol. The number of nitrogens with two attached hydrogens (primary N) is 1. The third-order valence-electron chi connectivity index (χ3n) is 3.53. The minimum Gasteiger partial charge on any atom is -0.397 e. The lowest BCUT2D eigenvalue weighted by Crippen LogP contribution is -2.25. The van der Waals surface area contributed by atoms with E-state index in [1.165, 1.54) is 0 Å². The van der Waals surface area contributed by atoms with Crippen LogP contribution in [0.4, 0.5) is 11.4 Å². The summed E-state index contributed by atoms with van der Waals surface area (Å²) in [5.74, 6) is 0.484. The third kappa shape index (κ3) is 4.16. The Kier molecular flexibility index (Phi) is 5.67. The number of amides is 1. The van der Waals surface area contributed by atoms with Crippen LogP contribution >= 0.6 is 0 Å². The van der Waals surface area contributed by atoms with Gasteiger partial charge in [0.05, 0.1) is 11.4 Å². The molecular formula is C15H25N3O. The molecule has 0 saturated heterocycles. The van der Waals surface area contributed by atoms with Crippen LogP contribution in [0.25, 0.3) is 0 Å². The number of nitrogens with one attached hydrogen (secondary N) is 2. The van der Waals surface area contributed by atoms with E-state index in [-0.39, 0.29) is 5.91 Å². The van der Waals surface area contributed by atoms with Gasteiger partial charge in [-0.15, -0.1) is 0 Å². The van der Waals surface area contributed by atoms with Gasteiger partial charge in [0, 0.05) is 18.2 Å². The standard InChI is InChI=1S/C15H25N3O/c1-5-10(3)11(4)18-14-8-7-12(9-13(14)16)15(19)17-6-2/h7-11,18H,5-6,16H2,1-4H3,(H,17,19). The fourth-order valence-corrected chi connectivity index (χ4v) is 1.84. The van der Waals surface area contributed by atoms with Crippen LogP contribution in [0.15, 0.2) is 18.2 Å². The van der Waals surface area contributed by atoms with Crippen LogP contribution in [0.3, 0.4) is 0 Å². The second-order valence-electron chi connectivity index (χ2n) is 4.98. The van der Waals surface area contributed by atoms with Crippen molar-refractivity contribution in [3.05, 3.63) is 23.8 Å². The van der Waals surface area contributed by atoms with E-state index in [0.29, 0.717) is 29.8 Å². The highest BCUT2D eigenvalue weighted by Crippen LogP contribution is 2.23. The van der Waals surface area contributed by atoms with Crippen molar-refractivity contribution >= 4 is 17.3 Å². The number of hydrogen-bond donors (Lipinski definition) is 3. The normalized spacial score (nSPS) is 13.7. The van der Waals surface area contributed by atoms with Gasteiger partial charge >= 0.3 is 0 Å². The van der Waals surface area contributed by atoms with Gasteiger partial charge < -0.3 is 16.4 Å². The molecular weight excluding hydrogens is 238 g/mol. The minimum absolute atomic E-state index is 0.0873. The fraction of sp³-hybridized carbons (Fsp3) is 0.533. The Morgan fingerprint density at radius 3 is 2.53 bits per heavy atom. The molecule has 0 radical (unpaired) electrons. The molecule has 1 amide bonds. The van der Waals surface area contributed by atoms with Crippen molar-refractivity contribution in [2.24, 2.45) is 5.92 Å². The zero-order valence-corrected chi connectivity index (χ0v) is 12.3. The monoisotopic (exact) mass is 263 g/mol. The first-order chi connectivity index (χ1) is 8.99. The lowest BCUT2D eigenvalue weighted by molar-refractivity contribution is 0.0956. The lowest BCUT2D eigenvalue weighted by Gasteiger charge is -2.22. The molecule has 0 saturated carbocycles. The van der Waals surface area contributed by atoms with Crippen molar-refractivity contribution in [1.29, 1.82) is 0 Å². The molecule has 106 valence electrons. The topological polar surface area (TPSA) is 67.2 Å². The van der Waals surface area contributed by atoms with Crippen molar-refractivity contribution in [1.82, 2.24) is 5.32 Å². The number of carbonyl (C=O) groups is 1. The van der Waals surface area contributed by atoms with E-state index in [1.54, 1.807) is 12.1 Å². The van der Waals surface area contributed by atoms with Crippen LogP contribution in [-0.2, 0) is 0 Å². The van der Waals surface area contributed by atoms with E-state index >= 15 is 0 Å². The summed E-state index contributed by atoms with van der Waals surface area (Å²) in [5, 5.41) is 6.16. The summed E-state index contributed by atoms with van der Waals surface area (Å²) < 4.78 is 0. The zero-order valence-electron chi connectivity index (χ0n) is 12.3. The van der Waals surface area contributed by atoms with E-state index in [4.69, 9.17) is 5.73 Å². The Balaban J connectivity index is 2.80. The van der Waals surface area contributed by atoms with Crippen molar-refractivity contribution in [2.45, 2.75) is 40.2 Å². The van der Waals surface area contributed by atoms with Crippen LogP contribution in [0.1, 0.15) is 44.5 Å². The molecule has 2 unspecified atom stereocenters. The first kappa shape index (κ1) is 15.3. The molecule has 0 aliphatic carbocycles. The molecule has 4 nitrogen and oxygen atoms in total. The summed E-state index contributed by atoms with van der Waals surface area (Å²) in [6, 6.07) is 5.74. The van der Waals surface area contributed by atoms with Gasteiger partial charge in [-0.05, 0) is 38.0 Å². The maximum absolute atomic E-state index is 11.7. The van der Waals surface area contributed by atoms with E-state index in [1.807, 2.05) is 13.0 Å². The quantitative estimate of drug-likeness (QED) is 0.691. The average Bonchev–Trinajstić information content (AvgIpc) is 2.40. The smallest absolute Gasteiger partial charge is 0.251 e. The molecule has 0 spiro atoms. The van der Waals surface area contributed by atoms with E-state index < -0.39 is 0 Å². The van der Waals surface area contributed by atoms with Crippen LogP contribution < -0.4 is 16.4 Å². The number of anilines is 2. The predicted molar refractivity (Wildman–Crippen MR) is 81.4 cm³/mol. The number of nitrogen functional groups attached to an aromatic ring is 1. The molecule has 0 aromatic heterocycles. The van der Waals surface area contributed by atoms with Gasteiger partial charge in [-0.1, -0.05) is 20.3 Å². The van der Waals surface area contributed by atoms with Crippen LogP contribution in [0.5, 0.6) is 0 Å². The van der Waals surface area contributed by atoms with E-state index in [9.17, 15) is 4.79 Å². The van der Waals surface area contributed by atoms with Gasteiger partial charge in [0.15, 0.2) is 0 Å². The number of rotatable bonds is 6. The molecule has 0 heterocycles. The Labute approximate surface area is 115 Å². The highest BCUT2D eigenvalue weighted by atomic mass is 16.1. The number of hydrogen-bond acceptors (Lipinski definition) is 3. The summed E-state index contributed by atoms with van der Waals surface area (Å²) in [6.45, 7) is 9.03.